The summed E-state index contributed by atoms with van der Waals surface area (Å²) < 4.78 is 0. The molecular formula is C18H27. The molecule has 0 spiro atoms. The van der Waals surface area contributed by atoms with Crippen molar-refractivity contribution < 1.29 is 0 Å². The molecule has 0 nitrogen and oxygen atoms in total. The van der Waals surface area contributed by atoms with Gasteiger partial charge >= 0.3 is 0 Å². The van der Waals surface area contributed by atoms with E-state index in [4.69, 9.17) is 0 Å². The highest BCUT2D eigenvalue weighted by atomic mass is 14.2. The first-order valence-electron chi connectivity index (χ1n) is 7.78. The molecule has 1 radical (unpaired) electrons. The van der Waals surface area contributed by atoms with Gasteiger partial charge in [-0.2, -0.15) is 0 Å². The van der Waals surface area contributed by atoms with Crippen molar-refractivity contribution in [3.63, 3.8) is 0 Å². The molecule has 0 bridgehead atoms. The molecule has 0 heterocycles. The standard InChI is InChI=1S/C18H27/c1-2-3-4-6-9-16-12-14-18(15-13-16)17-10-7-5-8-11-17/h12-15,17H,1-11H2. The lowest BCUT2D eigenvalue weighted by atomic mass is 9.84. The van der Waals surface area contributed by atoms with Crippen LogP contribution in [0.1, 0.15) is 74.8 Å². The summed E-state index contributed by atoms with van der Waals surface area (Å²) in [7, 11) is 0. The number of unbranched alkanes of at least 4 members (excludes halogenated alkanes) is 3. The van der Waals surface area contributed by atoms with Crippen LogP contribution in [0.25, 0.3) is 0 Å². The lowest BCUT2D eigenvalue weighted by Gasteiger charge is -2.22. The van der Waals surface area contributed by atoms with E-state index in [0.717, 1.165) is 12.3 Å². The molecule has 1 aliphatic rings. The SMILES string of the molecule is [CH2]CCCCCc1ccc(C2CCCCC2)cc1. The van der Waals surface area contributed by atoms with Gasteiger partial charge < -0.3 is 0 Å². The highest BCUT2D eigenvalue weighted by Gasteiger charge is 2.14. The van der Waals surface area contributed by atoms with E-state index in [9.17, 15) is 0 Å². The van der Waals surface area contributed by atoms with Gasteiger partial charge in [-0.1, -0.05) is 69.7 Å². The number of aryl methyl sites for hydroxylation is 1. The smallest absolute Gasteiger partial charge is 0.0162 e. The number of hydrogen-bond donors (Lipinski definition) is 0. The van der Waals surface area contributed by atoms with E-state index in [2.05, 4.69) is 31.2 Å². The van der Waals surface area contributed by atoms with Crippen LogP contribution < -0.4 is 0 Å². The molecule has 0 atom stereocenters. The van der Waals surface area contributed by atoms with E-state index in [0.29, 0.717) is 0 Å². The Morgan fingerprint density at radius 2 is 1.61 bits per heavy atom. The highest BCUT2D eigenvalue weighted by molar-refractivity contribution is 5.25. The lowest BCUT2D eigenvalue weighted by molar-refractivity contribution is 0.443. The highest BCUT2D eigenvalue weighted by Crippen LogP contribution is 2.32. The zero-order valence-electron chi connectivity index (χ0n) is 11.7. The van der Waals surface area contributed by atoms with Gasteiger partial charge in [0.1, 0.15) is 0 Å². The van der Waals surface area contributed by atoms with Crippen molar-refractivity contribution in [3.05, 3.63) is 42.3 Å². The fourth-order valence-corrected chi connectivity index (χ4v) is 3.08. The third-order valence-corrected chi connectivity index (χ3v) is 4.27. The van der Waals surface area contributed by atoms with Crippen LogP contribution in [0.2, 0.25) is 0 Å². The predicted molar refractivity (Wildman–Crippen MR) is 79.8 cm³/mol. The summed E-state index contributed by atoms with van der Waals surface area (Å²) >= 11 is 0. The first-order valence-corrected chi connectivity index (χ1v) is 7.78. The quantitative estimate of drug-likeness (QED) is 0.565. The zero-order chi connectivity index (χ0) is 12.6. The summed E-state index contributed by atoms with van der Waals surface area (Å²) in [5.41, 5.74) is 3.09. The van der Waals surface area contributed by atoms with Gasteiger partial charge in [0.25, 0.3) is 0 Å². The van der Waals surface area contributed by atoms with E-state index in [1.807, 2.05) is 0 Å². The van der Waals surface area contributed by atoms with E-state index in [-0.39, 0.29) is 0 Å². The van der Waals surface area contributed by atoms with Crippen LogP contribution in [0.3, 0.4) is 0 Å². The number of rotatable bonds is 6. The summed E-state index contributed by atoms with van der Waals surface area (Å²) in [4.78, 5) is 0. The van der Waals surface area contributed by atoms with Crippen molar-refractivity contribution in [2.45, 2.75) is 70.1 Å². The van der Waals surface area contributed by atoms with Crippen LogP contribution in [0.5, 0.6) is 0 Å². The fraction of sp³-hybridized carbons (Fsp3) is 0.611. The molecule has 0 aliphatic heterocycles. The maximum Gasteiger partial charge on any atom is -0.0162 e. The average Bonchev–Trinajstić information content (AvgIpc) is 2.45. The predicted octanol–water partition coefficient (Wildman–Crippen LogP) is 5.67. The van der Waals surface area contributed by atoms with Crippen molar-refractivity contribution in [2.75, 3.05) is 0 Å². The minimum absolute atomic E-state index is 0.846. The Morgan fingerprint density at radius 1 is 0.889 bits per heavy atom. The summed E-state index contributed by atoms with van der Waals surface area (Å²) in [6.07, 6.45) is 13.4. The first kappa shape index (κ1) is 13.6. The molecule has 1 aromatic rings. The van der Waals surface area contributed by atoms with Crippen molar-refractivity contribution in [1.29, 1.82) is 0 Å². The molecule has 1 aromatic carbocycles. The van der Waals surface area contributed by atoms with Crippen LogP contribution in [0, 0.1) is 6.92 Å². The van der Waals surface area contributed by atoms with Gasteiger partial charge in [0.2, 0.25) is 0 Å². The van der Waals surface area contributed by atoms with Crippen LogP contribution in [-0.4, -0.2) is 0 Å². The number of hydrogen-bond acceptors (Lipinski definition) is 0. The molecule has 0 unspecified atom stereocenters. The van der Waals surface area contributed by atoms with E-state index >= 15 is 0 Å². The molecule has 0 heteroatoms. The summed E-state index contributed by atoms with van der Waals surface area (Å²) in [6, 6.07) is 9.47. The molecule has 99 valence electrons. The molecule has 18 heavy (non-hydrogen) atoms. The minimum Gasteiger partial charge on any atom is -0.0588 e. The van der Waals surface area contributed by atoms with Gasteiger partial charge in [0.15, 0.2) is 0 Å². The second-order valence-electron chi connectivity index (χ2n) is 5.74. The number of benzene rings is 1. The Hall–Kier alpha value is -0.780. The summed E-state index contributed by atoms with van der Waals surface area (Å²) in [5.74, 6) is 0.846. The van der Waals surface area contributed by atoms with Crippen LogP contribution in [0.15, 0.2) is 24.3 Å². The molecule has 1 saturated carbocycles. The van der Waals surface area contributed by atoms with Crippen molar-refractivity contribution in [1.82, 2.24) is 0 Å². The molecule has 0 aromatic heterocycles. The Balaban J connectivity index is 1.81. The monoisotopic (exact) mass is 243 g/mol. The summed E-state index contributed by atoms with van der Waals surface area (Å²) in [5, 5.41) is 0. The Kier molecular flexibility index (Phi) is 5.77. The molecule has 0 N–H and O–H groups in total. The Labute approximate surface area is 113 Å². The first-order chi connectivity index (χ1) is 8.90. The van der Waals surface area contributed by atoms with Gasteiger partial charge in [0, 0.05) is 0 Å². The lowest BCUT2D eigenvalue weighted by Crippen LogP contribution is -2.04. The Bertz CT molecular complexity index is 316. The topological polar surface area (TPSA) is 0 Å². The largest absolute Gasteiger partial charge is 0.0588 e. The van der Waals surface area contributed by atoms with Gasteiger partial charge in [-0.25, -0.2) is 0 Å². The van der Waals surface area contributed by atoms with Crippen molar-refractivity contribution in [2.24, 2.45) is 0 Å². The van der Waals surface area contributed by atoms with Crippen molar-refractivity contribution in [3.8, 4) is 0 Å². The van der Waals surface area contributed by atoms with E-state index in [1.54, 1.807) is 5.56 Å². The second-order valence-corrected chi connectivity index (χ2v) is 5.74. The van der Waals surface area contributed by atoms with Gasteiger partial charge in [0.05, 0.1) is 0 Å². The molecule has 0 saturated heterocycles. The fourth-order valence-electron chi connectivity index (χ4n) is 3.08. The zero-order valence-corrected chi connectivity index (χ0v) is 11.7. The van der Waals surface area contributed by atoms with Gasteiger partial charge in [-0.05, 0) is 42.7 Å². The molecule has 2 rings (SSSR count). The molecular weight excluding hydrogens is 216 g/mol. The van der Waals surface area contributed by atoms with Crippen LogP contribution in [0.4, 0.5) is 0 Å². The van der Waals surface area contributed by atoms with Gasteiger partial charge in [-0.3, -0.25) is 0 Å². The third-order valence-electron chi connectivity index (χ3n) is 4.27. The molecule has 1 fully saturated rings. The maximum absolute atomic E-state index is 3.89. The second kappa shape index (κ2) is 7.61. The van der Waals surface area contributed by atoms with E-state index in [1.165, 1.54) is 63.4 Å². The van der Waals surface area contributed by atoms with Crippen LogP contribution in [-0.2, 0) is 6.42 Å². The van der Waals surface area contributed by atoms with Crippen LogP contribution >= 0.6 is 0 Å². The van der Waals surface area contributed by atoms with Crippen molar-refractivity contribution >= 4 is 0 Å². The summed E-state index contributed by atoms with van der Waals surface area (Å²) in [6.45, 7) is 3.89. The molecule has 0 amide bonds. The Morgan fingerprint density at radius 3 is 2.28 bits per heavy atom. The van der Waals surface area contributed by atoms with E-state index < -0.39 is 0 Å². The maximum atomic E-state index is 3.89. The molecule has 1 aliphatic carbocycles. The third kappa shape index (κ3) is 4.15. The van der Waals surface area contributed by atoms with Gasteiger partial charge in [-0.15, -0.1) is 0 Å². The normalized spacial score (nSPS) is 16.9. The minimum atomic E-state index is 0.846. The average molecular weight is 243 g/mol.